The summed E-state index contributed by atoms with van der Waals surface area (Å²) in [6.07, 6.45) is 1.80. The highest BCUT2D eigenvalue weighted by Crippen LogP contribution is 2.13. The molecule has 0 aromatic rings. The van der Waals surface area contributed by atoms with E-state index in [0.29, 0.717) is 12.5 Å². The lowest BCUT2D eigenvalue weighted by Gasteiger charge is -2.24. The van der Waals surface area contributed by atoms with E-state index in [2.05, 4.69) is 34.5 Å². The molecule has 3 nitrogen and oxygen atoms in total. The second kappa shape index (κ2) is 5.14. The smallest absolute Gasteiger partial charge is 0.223 e. The second-order valence-electron chi connectivity index (χ2n) is 3.65. The molecular formula is C9H17IN2O. The van der Waals surface area contributed by atoms with Crippen molar-refractivity contribution in [2.45, 2.75) is 18.9 Å². The molecule has 0 bridgehead atoms. The van der Waals surface area contributed by atoms with E-state index in [0.717, 1.165) is 23.9 Å². The number of hydrogen-bond acceptors (Lipinski definition) is 2. The number of hydrogen-bond donors (Lipinski definition) is 0. The average molecular weight is 296 g/mol. The highest BCUT2D eigenvalue weighted by Gasteiger charge is 2.25. The van der Waals surface area contributed by atoms with Gasteiger partial charge in [-0.2, -0.15) is 0 Å². The maximum atomic E-state index is 11.5. The van der Waals surface area contributed by atoms with Crippen LogP contribution in [0.4, 0.5) is 0 Å². The predicted molar refractivity (Wildman–Crippen MR) is 62.2 cm³/mol. The number of halogens is 1. The molecule has 0 spiro atoms. The van der Waals surface area contributed by atoms with Gasteiger partial charge in [-0.3, -0.25) is 4.79 Å². The first-order chi connectivity index (χ1) is 6.15. The van der Waals surface area contributed by atoms with Crippen LogP contribution >= 0.6 is 22.6 Å². The summed E-state index contributed by atoms with van der Waals surface area (Å²) >= 11 is 2.25. The first-order valence-electron chi connectivity index (χ1n) is 4.65. The number of carbonyl (C=O) groups is 1. The lowest BCUT2D eigenvalue weighted by atomic mass is 10.2. The van der Waals surface area contributed by atoms with Crippen molar-refractivity contribution in [3.05, 3.63) is 0 Å². The van der Waals surface area contributed by atoms with Crippen LogP contribution in [0.2, 0.25) is 0 Å². The maximum absolute atomic E-state index is 11.5. The van der Waals surface area contributed by atoms with Crippen LogP contribution in [0.15, 0.2) is 0 Å². The van der Waals surface area contributed by atoms with Crippen molar-refractivity contribution in [2.24, 2.45) is 0 Å². The fraction of sp³-hybridized carbons (Fsp3) is 0.889. The van der Waals surface area contributed by atoms with Crippen LogP contribution in [0.3, 0.4) is 0 Å². The van der Waals surface area contributed by atoms with Gasteiger partial charge in [-0.15, -0.1) is 0 Å². The van der Waals surface area contributed by atoms with E-state index in [-0.39, 0.29) is 5.91 Å². The number of likely N-dealkylation sites (N-methyl/N-ethyl adjacent to an activating group) is 2. The second-order valence-corrected chi connectivity index (χ2v) is 4.73. The van der Waals surface area contributed by atoms with E-state index in [1.807, 2.05) is 11.9 Å². The Morgan fingerprint density at radius 3 is 2.85 bits per heavy atom. The van der Waals surface area contributed by atoms with Crippen LogP contribution in [-0.4, -0.2) is 53.4 Å². The van der Waals surface area contributed by atoms with E-state index < -0.39 is 0 Å². The Bertz CT molecular complexity index is 186. The normalized spacial score (nSPS) is 23.5. The van der Waals surface area contributed by atoms with E-state index in [1.165, 1.54) is 0 Å². The molecule has 0 radical (unpaired) electrons. The van der Waals surface area contributed by atoms with Crippen LogP contribution in [0.5, 0.6) is 0 Å². The molecule has 1 saturated heterocycles. The number of amides is 1. The summed E-state index contributed by atoms with van der Waals surface area (Å²) in [5.74, 6) is 0.287. The van der Waals surface area contributed by atoms with Gasteiger partial charge in [-0.05, 0) is 20.0 Å². The standard InChI is InChI=1S/C9H17IN2O/c1-11-6-4-8(7-11)12(2)9(13)3-5-10/h8H,3-7H2,1-2H3/t8-/m1/s1. The molecule has 1 amide bonds. The third-order valence-electron chi connectivity index (χ3n) is 2.62. The Hall–Kier alpha value is 0.160. The first-order valence-corrected chi connectivity index (χ1v) is 6.18. The van der Waals surface area contributed by atoms with Gasteiger partial charge < -0.3 is 9.80 Å². The fourth-order valence-electron chi connectivity index (χ4n) is 1.69. The van der Waals surface area contributed by atoms with E-state index in [4.69, 9.17) is 0 Å². The minimum atomic E-state index is 0.287. The van der Waals surface area contributed by atoms with E-state index in [9.17, 15) is 4.79 Å². The molecule has 76 valence electrons. The summed E-state index contributed by atoms with van der Waals surface area (Å²) in [6.45, 7) is 2.15. The minimum absolute atomic E-state index is 0.287. The SMILES string of the molecule is CN1CC[C@@H](N(C)C(=O)CCI)C1. The molecule has 13 heavy (non-hydrogen) atoms. The van der Waals surface area contributed by atoms with Crippen molar-refractivity contribution >= 4 is 28.5 Å². The summed E-state index contributed by atoms with van der Waals surface area (Å²) in [7, 11) is 4.04. The van der Waals surface area contributed by atoms with E-state index >= 15 is 0 Å². The van der Waals surface area contributed by atoms with Gasteiger partial charge in [0, 0.05) is 30.5 Å². The number of rotatable bonds is 3. The fourth-order valence-corrected chi connectivity index (χ4v) is 2.15. The van der Waals surface area contributed by atoms with Crippen LogP contribution in [0.1, 0.15) is 12.8 Å². The van der Waals surface area contributed by atoms with Crippen LogP contribution in [0.25, 0.3) is 0 Å². The largest absolute Gasteiger partial charge is 0.341 e. The molecule has 0 aromatic heterocycles. The lowest BCUT2D eigenvalue weighted by molar-refractivity contribution is -0.131. The Labute approximate surface area is 93.6 Å². The molecule has 1 fully saturated rings. The summed E-state index contributed by atoms with van der Waals surface area (Å²) in [6, 6.07) is 0.445. The van der Waals surface area contributed by atoms with Crippen LogP contribution in [-0.2, 0) is 4.79 Å². The Morgan fingerprint density at radius 1 is 1.69 bits per heavy atom. The van der Waals surface area contributed by atoms with Crippen LogP contribution < -0.4 is 0 Å². The molecule has 1 atom stereocenters. The van der Waals surface area contributed by atoms with Gasteiger partial charge in [0.05, 0.1) is 0 Å². The van der Waals surface area contributed by atoms with Crippen molar-refractivity contribution < 1.29 is 4.79 Å². The first kappa shape index (κ1) is 11.2. The van der Waals surface area contributed by atoms with Crippen molar-refractivity contribution in [3.63, 3.8) is 0 Å². The molecule has 1 aliphatic rings. The Balaban J connectivity index is 2.38. The topological polar surface area (TPSA) is 23.6 Å². The molecule has 0 saturated carbocycles. The highest BCUT2D eigenvalue weighted by molar-refractivity contribution is 14.1. The zero-order valence-corrected chi connectivity index (χ0v) is 10.5. The maximum Gasteiger partial charge on any atom is 0.223 e. The minimum Gasteiger partial charge on any atom is -0.341 e. The molecule has 1 heterocycles. The summed E-state index contributed by atoms with van der Waals surface area (Å²) < 4.78 is 0.920. The number of alkyl halides is 1. The molecule has 1 rings (SSSR count). The zero-order chi connectivity index (χ0) is 9.84. The van der Waals surface area contributed by atoms with Gasteiger partial charge in [-0.1, -0.05) is 22.6 Å². The van der Waals surface area contributed by atoms with Crippen molar-refractivity contribution in [2.75, 3.05) is 31.6 Å². The summed E-state index contributed by atoms with van der Waals surface area (Å²) in [5, 5.41) is 0. The number of likely N-dealkylation sites (tertiary alicyclic amines) is 1. The zero-order valence-electron chi connectivity index (χ0n) is 8.29. The molecule has 0 aromatic carbocycles. The van der Waals surface area contributed by atoms with Gasteiger partial charge in [0.25, 0.3) is 0 Å². The highest BCUT2D eigenvalue weighted by atomic mass is 127. The van der Waals surface area contributed by atoms with Gasteiger partial charge >= 0.3 is 0 Å². The lowest BCUT2D eigenvalue weighted by Crippen LogP contribution is -2.38. The average Bonchev–Trinajstić information content (AvgIpc) is 2.51. The quantitative estimate of drug-likeness (QED) is 0.572. The van der Waals surface area contributed by atoms with Gasteiger partial charge in [0.2, 0.25) is 5.91 Å². The number of nitrogens with zero attached hydrogens (tertiary/aromatic N) is 2. The Kier molecular flexibility index (Phi) is 4.45. The molecule has 1 aliphatic heterocycles. The third kappa shape index (κ3) is 3.09. The molecule has 0 aliphatic carbocycles. The molecule has 0 N–H and O–H groups in total. The van der Waals surface area contributed by atoms with Gasteiger partial charge in [0.15, 0.2) is 0 Å². The number of carbonyl (C=O) groups excluding carboxylic acids is 1. The van der Waals surface area contributed by atoms with E-state index in [1.54, 1.807) is 0 Å². The van der Waals surface area contributed by atoms with Crippen LogP contribution in [0, 0.1) is 0 Å². The monoisotopic (exact) mass is 296 g/mol. The molecule has 0 unspecified atom stereocenters. The summed E-state index contributed by atoms with van der Waals surface area (Å²) in [5.41, 5.74) is 0. The van der Waals surface area contributed by atoms with Gasteiger partial charge in [-0.25, -0.2) is 0 Å². The predicted octanol–water partition coefficient (Wildman–Crippen LogP) is 0.974. The van der Waals surface area contributed by atoms with Crippen molar-refractivity contribution in [1.82, 2.24) is 9.80 Å². The molecular weight excluding hydrogens is 279 g/mol. The summed E-state index contributed by atoms with van der Waals surface area (Å²) in [4.78, 5) is 15.7. The van der Waals surface area contributed by atoms with Crippen molar-refractivity contribution in [1.29, 1.82) is 0 Å². The van der Waals surface area contributed by atoms with Gasteiger partial charge in [0.1, 0.15) is 0 Å². The molecule has 4 heteroatoms. The van der Waals surface area contributed by atoms with Crippen molar-refractivity contribution in [3.8, 4) is 0 Å². The Morgan fingerprint density at radius 2 is 2.38 bits per heavy atom. The third-order valence-corrected chi connectivity index (χ3v) is 3.16.